The number of thiazole rings is 1. The fraction of sp³-hybridized carbons (Fsp3) is 0.200. The summed E-state index contributed by atoms with van der Waals surface area (Å²) < 4.78 is 6.30. The summed E-state index contributed by atoms with van der Waals surface area (Å²) >= 11 is 7.61. The molecule has 3 rings (SSSR count). The highest BCUT2D eigenvalue weighted by Gasteiger charge is 2.20. The first kappa shape index (κ1) is 14.1. The lowest BCUT2D eigenvalue weighted by atomic mass is 10.3. The lowest BCUT2D eigenvalue weighted by Crippen LogP contribution is -2.29. The molecule has 0 spiro atoms. The van der Waals surface area contributed by atoms with Crippen LogP contribution in [0.2, 0.25) is 5.02 Å². The maximum atomic E-state index is 12.2. The van der Waals surface area contributed by atoms with Gasteiger partial charge in [0.05, 0.1) is 22.5 Å². The van der Waals surface area contributed by atoms with Crippen LogP contribution in [0.25, 0.3) is 10.2 Å². The van der Waals surface area contributed by atoms with E-state index in [1.807, 2.05) is 25.1 Å². The van der Waals surface area contributed by atoms with E-state index in [1.165, 1.54) is 11.3 Å². The lowest BCUT2D eigenvalue weighted by Gasteiger charge is -2.17. The first-order chi connectivity index (χ1) is 10.2. The van der Waals surface area contributed by atoms with Gasteiger partial charge in [0.2, 0.25) is 5.91 Å². The monoisotopic (exact) mass is 320 g/mol. The van der Waals surface area contributed by atoms with Crippen LogP contribution in [0.3, 0.4) is 0 Å². The molecule has 0 N–H and O–H groups in total. The molecule has 0 saturated heterocycles. The van der Waals surface area contributed by atoms with Crippen LogP contribution in [0.4, 0.5) is 5.13 Å². The molecular formula is C15H13ClN2O2S. The van der Waals surface area contributed by atoms with E-state index in [0.717, 1.165) is 16.0 Å². The van der Waals surface area contributed by atoms with Crippen molar-refractivity contribution in [3.8, 4) is 0 Å². The molecule has 0 unspecified atom stereocenters. The van der Waals surface area contributed by atoms with E-state index >= 15 is 0 Å². The van der Waals surface area contributed by atoms with Crippen molar-refractivity contribution in [1.29, 1.82) is 0 Å². The SMILES string of the molecule is CCC(=O)N(Cc1ccco1)c1nc2c(Cl)cccc2s1. The molecule has 0 atom stereocenters. The lowest BCUT2D eigenvalue weighted by molar-refractivity contribution is -0.118. The minimum Gasteiger partial charge on any atom is -0.467 e. The minimum absolute atomic E-state index is 0.00146. The molecule has 0 saturated carbocycles. The zero-order chi connectivity index (χ0) is 14.8. The zero-order valence-corrected chi connectivity index (χ0v) is 12.9. The standard InChI is InChI=1S/C15H13ClN2O2S/c1-2-13(19)18(9-10-5-4-8-20-10)15-17-14-11(16)6-3-7-12(14)21-15/h3-8H,2,9H2,1H3. The van der Waals surface area contributed by atoms with E-state index in [4.69, 9.17) is 16.0 Å². The fourth-order valence-electron chi connectivity index (χ4n) is 2.03. The predicted molar refractivity (Wildman–Crippen MR) is 84.8 cm³/mol. The van der Waals surface area contributed by atoms with Gasteiger partial charge in [0.15, 0.2) is 5.13 Å². The molecule has 0 aliphatic rings. The number of hydrogen-bond donors (Lipinski definition) is 0. The number of hydrogen-bond acceptors (Lipinski definition) is 4. The summed E-state index contributed by atoms with van der Waals surface area (Å²) in [5, 5.41) is 1.23. The number of benzene rings is 1. The molecule has 2 heterocycles. The number of amides is 1. The Morgan fingerprint density at radius 2 is 2.24 bits per heavy atom. The van der Waals surface area contributed by atoms with Crippen molar-refractivity contribution in [3.63, 3.8) is 0 Å². The molecule has 21 heavy (non-hydrogen) atoms. The molecule has 1 amide bonds. The smallest absolute Gasteiger partial charge is 0.228 e. The van der Waals surface area contributed by atoms with Gasteiger partial charge in [-0.15, -0.1) is 0 Å². The van der Waals surface area contributed by atoms with Crippen LogP contribution in [-0.4, -0.2) is 10.9 Å². The van der Waals surface area contributed by atoms with Gasteiger partial charge in [0.25, 0.3) is 0 Å². The Kier molecular flexibility index (Phi) is 3.94. The number of fused-ring (bicyclic) bond motifs is 1. The van der Waals surface area contributed by atoms with Gasteiger partial charge in [-0.2, -0.15) is 0 Å². The quantitative estimate of drug-likeness (QED) is 0.711. The van der Waals surface area contributed by atoms with Gasteiger partial charge < -0.3 is 4.42 Å². The van der Waals surface area contributed by atoms with Gasteiger partial charge >= 0.3 is 0 Å². The first-order valence-electron chi connectivity index (χ1n) is 6.57. The summed E-state index contributed by atoms with van der Waals surface area (Å²) in [5.41, 5.74) is 0.729. The second-order valence-corrected chi connectivity index (χ2v) is 5.91. The van der Waals surface area contributed by atoms with Gasteiger partial charge in [-0.1, -0.05) is 35.9 Å². The predicted octanol–water partition coefficient (Wildman–Crippen LogP) is 4.49. The summed E-state index contributed by atoms with van der Waals surface area (Å²) in [4.78, 5) is 18.4. The average Bonchev–Trinajstić information content (AvgIpc) is 3.13. The molecule has 0 aliphatic carbocycles. The second-order valence-electron chi connectivity index (χ2n) is 4.50. The highest BCUT2D eigenvalue weighted by atomic mass is 35.5. The number of nitrogens with zero attached hydrogens (tertiary/aromatic N) is 2. The molecule has 0 radical (unpaired) electrons. The first-order valence-corrected chi connectivity index (χ1v) is 7.76. The van der Waals surface area contributed by atoms with Crippen LogP contribution in [0.5, 0.6) is 0 Å². The van der Waals surface area contributed by atoms with Crippen LogP contribution in [-0.2, 0) is 11.3 Å². The van der Waals surface area contributed by atoms with Gasteiger partial charge in [-0.05, 0) is 24.3 Å². The topological polar surface area (TPSA) is 46.3 Å². The van der Waals surface area contributed by atoms with Crippen LogP contribution < -0.4 is 4.90 Å². The Balaban J connectivity index is 2.01. The molecule has 3 aromatic rings. The van der Waals surface area contributed by atoms with Crippen molar-refractivity contribution >= 4 is 44.2 Å². The normalized spacial score (nSPS) is 11.0. The van der Waals surface area contributed by atoms with Gasteiger partial charge in [0.1, 0.15) is 11.3 Å². The molecular weight excluding hydrogens is 308 g/mol. The number of para-hydroxylation sites is 1. The zero-order valence-electron chi connectivity index (χ0n) is 11.4. The van der Waals surface area contributed by atoms with E-state index in [0.29, 0.717) is 23.1 Å². The Morgan fingerprint density at radius 3 is 2.90 bits per heavy atom. The third-order valence-electron chi connectivity index (χ3n) is 3.09. The van der Waals surface area contributed by atoms with Crippen molar-refractivity contribution in [3.05, 3.63) is 47.4 Å². The van der Waals surface area contributed by atoms with E-state index in [1.54, 1.807) is 23.3 Å². The number of halogens is 1. The van der Waals surface area contributed by atoms with Crippen LogP contribution in [0.15, 0.2) is 41.0 Å². The molecule has 108 valence electrons. The number of anilines is 1. The van der Waals surface area contributed by atoms with Gasteiger partial charge in [0, 0.05) is 6.42 Å². The minimum atomic E-state index is 0.00146. The molecule has 0 fully saturated rings. The number of carbonyl (C=O) groups excluding carboxylic acids is 1. The number of aromatic nitrogens is 1. The summed E-state index contributed by atoms with van der Waals surface area (Å²) in [7, 11) is 0. The van der Waals surface area contributed by atoms with E-state index in [9.17, 15) is 4.79 Å². The molecule has 0 bridgehead atoms. The third-order valence-corrected chi connectivity index (χ3v) is 4.44. The van der Waals surface area contributed by atoms with Crippen LogP contribution in [0.1, 0.15) is 19.1 Å². The molecule has 6 heteroatoms. The number of carbonyl (C=O) groups is 1. The molecule has 0 aliphatic heterocycles. The van der Waals surface area contributed by atoms with E-state index in [2.05, 4.69) is 4.98 Å². The highest BCUT2D eigenvalue weighted by molar-refractivity contribution is 7.22. The van der Waals surface area contributed by atoms with Crippen molar-refractivity contribution in [2.45, 2.75) is 19.9 Å². The fourth-order valence-corrected chi connectivity index (χ4v) is 3.31. The van der Waals surface area contributed by atoms with Crippen molar-refractivity contribution in [2.75, 3.05) is 4.90 Å². The Morgan fingerprint density at radius 1 is 1.38 bits per heavy atom. The Hall–Kier alpha value is -1.85. The number of furan rings is 1. The average molecular weight is 321 g/mol. The van der Waals surface area contributed by atoms with Gasteiger partial charge in [-0.3, -0.25) is 9.69 Å². The second kappa shape index (κ2) is 5.87. The van der Waals surface area contributed by atoms with Crippen molar-refractivity contribution in [2.24, 2.45) is 0 Å². The highest BCUT2D eigenvalue weighted by Crippen LogP contribution is 2.33. The van der Waals surface area contributed by atoms with Crippen LogP contribution >= 0.6 is 22.9 Å². The largest absolute Gasteiger partial charge is 0.467 e. The number of rotatable bonds is 4. The van der Waals surface area contributed by atoms with Crippen LogP contribution in [0, 0.1) is 0 Å². The summed E-state index contributed by atoms with van der Waals surface area (Å²) in [6, 6.07) is 9.27. The Bertz CT molecular complexity index is 767. The molecule has 4 nitrogen and oxygen atoms in total. The van der Waals surface area contributed by atoms with Crippen molar-refractivity contribution < 1.29 is 9.21 Å². The van der Waals surface area contributed by atoms with Crippen molar-refractivity contribution in [1.82, 2.24) is 4.98 Å². The maximum Gasteiger partial charge on any atom is 0.228 e. The van der Waals surface area contributed by atoms with E-state index < -0.39 is 0 Å². The summed E-state index contributed by atoms with van der Waals surface area (Å²) in [6.45, 7) is 2.20. The summed E-state index contributed by atoms with van der Waals surface area (Å²) in [6.07, 6.45) is 2.00. The molecule has 2 aromatic heterocycles. The summed E-state index contributed by atoms with van der Waals surface area (Å²) in [5.74, 6) is 0.726. The van der Waals surface area contributed by atoms with Gasteiger partial charge in [-0.25, -0.2) is 4.98 Å². The van der Waals surface area contributed by atoms with E-state index in [-0.39, 0.29) is 5.91 Å². The molecule has 1 aromatic carbocycles. The maximum absolute atomic E-state index is 12.2. The third kappa shape index (κ3) is 2.80. The Labute approximate surface area is 131 Å².